The molecule has 1 aliphatic carbocycles. The first-order valence-corrected chi connectivity index (χ1v) is 8.21. The fourth-order valence-corrected chi connectivity index (χ4v) is 2.48. The number of alkyl halides is 3. The largest absolute Gasteiger partial charge is 0.489 e. The summed E-state index contributed by atoms with van der Waals surface area (Å²) in [7, 11) is 0. The number of hydrogen-bond acceptors (Lipinski definition) is 3. The monoisotopic (exact) mass is 379 g/mol. The molecule has 0 saturated heterocycles. The predicted molar refractivity (Wildman–Crippen MR) is 90.5 cm³/mol. The van der Waals surface area contributed by atoms with Crippen molar-refractivity contribution in [1.29, 1.82) is 0 Å². The Bertz CT molecular complexity index is 875. The van der Waals surface area contributed by atoms with Gasteiger partial charge in [0.05, 0.1) is 16.8 Å². The van der Waals surface area contributed by atoms with E-state index in [0.29, 0.717) is 5.56 Å². The van der Waals surface area contributed by atoms with E-state index in [4.69, 9.17) is 4.74 Å². The van der Waals surface area contributed by atoms with Crippen LogP contribution in [-0.4, -0.2) is 17.0 Å². The van der Waals surface area contributed by atoms with E-state index in [1.54, 1.807) is 0 Å². The Morgan fingerprint density at radius 2 is 1.89 bits per heavy atom. The highest BCUT2D eigenvalue weighted by Crippen LogP contribution is 2.32. The van der Waals surface area contributed by atoms with E-state index >= 15 is 0 Å². The third kappa shape index (κ3) is 4.78. The number of rotatable bonds is 6. The smallest absolute Gasteiger partial charge is 0.416 e. The van der Waals surface area contributed by atoms with Gasteiger partial charge in [-0.05, 0) is 48.7 Å². The first kappa shape index (κ1) is 18.8. The van der Waals surface area contributed by atoms with Gasteiger partial charge < -0.3 is 15.2 Å². The number of aromatic carboxylic acids is 1. The van der Waals surface area contributed by atoms with Crippen molar-refractivity contribution in [3.8, 4) is 5.75 Å². The highest BCUT2D eigenvalue weighted by atomic mass is 19.4. The Balaban J connectivity index is 1.72. The van der Waals surface area contributed by atoms with E-state index < -0.39 is 17.7 Å². The maximum atomic E-state index is 12.7. The zero-order valence-corrected chi connectivity index (χ0v) is 14.0. The molecule has 142 valence electrons. The summed E-state index contributed by atoms with van der Waals surface area (Å²) >= 11 is 0. The van der Waals surface area contributed by atoms with Crippen LogP contribution in [0.15, 0.2) is 42.5 Å². The van der Waals surface area contributed by atoms with Crippen LogP contribution in [0.4, 0.5) is 18.9 Å². The van der Waals surface area contributed by atoms with Crippen LogP contribution in [0.2, 0.25) is 0 Å². The Labute approximate surface area is 152 Å². The van der Waals surface area contributed by atoms with Crippen LogP contribution in [0.1, 0.15) is 34.3 Å². The molecule has 1 fully saturated rings. The number of anilines is 1. The Morgan fingerprint density at radius 3 is 2.52 bits per heavy atom. The number of carboxylic acids is 1. The lowest BCUT2D eigenvalue weighted by atomic mass is 10.1. The first-order chi connectivity index (χ1) is 12.7. The van der Waals surface area contributed by atoms with Crippen LogP contribution in [0.25, 0.3) is 0 Å². The number of carbonyl (C=O) groups excluding carboxylic acids is 1. The lowest BCUT2D eigenvalue weighted by Gasteiger charge is -2.12. The van der Waals surface area contributed by atoms with Gasteiger partial charge in [-0.25, -0.2) is 4.79 Å². The minimum absolute atomic E-state index is 0.0801. The van der Waals surface area contributed by atoms with Crippen LogP contribution in [0, 0.1) is 5.92 Å². The van der Waals surface area contributed by atoms with E-state index in [2.05, 4.69) is 5.32 Å². The maximum absolute atomic E-state index is 12.7. The standard InChI is InChI=1S/C19H16F3NO4/c20-19(21,22)13-3-1-2-11(8-13)10-27-14-6-7-16(15(9-14)18(25)26)23-17(24)12-4-5-12/h1-3,6-9,12H,4-5,10H2,(H,23,24)(H,25,26). The lowest BCUT2D eigenvalue weighted by molar-refractivity contribution is -0.137. The van der Waals surface area contributed by atoms with Gasteiger partial charge in [0.1, 0.15) is 12.4 Å². The van der Waals surface area contributed by atoms with Gasteiger partial charge in [-0.3, -0.25) is 4.79 Å². The van der Waals surface area contributed by atoms with Crippen LogP contribution in [0.3, 0.4) is 0 Å². The normalized spacial score (nSPS) is 13.9. The molecular weight excluding hydrogens is 363 g/mol. The second kappa shape index (κ2) is 7.30. The number of hydrogen-bond donors (Lipinski definition) is 2. The van der Waals surface area contributed by atoms with Crippen LogP contribution >= 0.6 is 0 Å². The molecule has 1 aliphatic rings. The van der Waals surface area contributed by atoms with Crippen LogP contribution in [0.5, 0.6) is 5.75 Å². The van der Waals surface area contributed by atoms with E-state index in [-0.39, 0.29) is 35.4 Å². The summed E-state index contributed by atoms with van der Waals surface area (Å²) < 4.78 is 43.7. The van der Waals surface area contributed by atoms with Gasteiger partial charge in [0, 0.05) is 5.92 Å². The molecule has 3 rings (SSSR count). The molecular formula is C19H16F3NO4. The highest BCUT2D eigenvalue weighted by molar-refractivity contribution is 6.02. The molecule has 1 saturated carbocycles. The third-order valence-corrected chi connectivity index (χ3v) is 4.09. The predicted octanol–water partition coefficient (Wildman–Crippen LogP) is 4.33. The molecule has 0 aromatic heterocycles. The molecule has 8 heteroatoms. The molecule has 1 amide bonds. The van der Waals surface area contributed by atoms with Crippen molar-refractivity contribution in [2.45, 2.75) is 25.6 Å². The molecule has 0 unspecified atom stereocenters. The average molecular weight is 379 g/mol. The number of halogens is 3. The second-order valence-corrected chi connectivity index (χ2v) is 6.26. The quantitative estimate of drug-likeness (QED) is 0.783. The lowest BCUT2D eigenvalue weighted by Crippen LogP contribution is -2.16. The first-order valence-electron chi connectivity index (χ1n) is 8.21. The summed E-state index contributed by atoms with van der Waals surface area (Å²) in [5.74, 6) is -1.38. The second-order valence-electron chi connectivity index (χ2n) is 6.26. The number of carbonyl (C=O) groups is 2. The Hall–Kier alpha value is -3.03. The van der Waals surface area contributed by atoms with Gasteiger partial charge in [-0.2, -0.15) is 13.2 Å². The molecule has 0 spiro atoms. The van der Waals surface area contributed by atoms with Gasteiger partial charge in [0.25, 0.3) is 0 Å². The van der Waals surface area contributed by atoms with Gasteiger partial charge in [-0.1, -0.05) is 12.1 Å². The molecule has 27 heavy (non-hydrogen) atoms. The summed E-state index contributed by atoms with van der Waals surface area (Å²) in [4.78, 5) is 23.3. The topological polar surface area (TPSA) is 75.6 Å². The number of carboxylic acid groups (broad SMARTS) is 1. The molecule has 0 bridgehead atoms. The van der Waals surface area contributed by atoms with Crippen molar-refractivity contribution in [1.82, 2.24) is 0 Å². The fourth-order valence-electron chi connectivity index (χ4n) is 2.48. The molecule has 2 aromatic carbocycles. The molecule has 2 N–H and O–H groups in total. The van der Waals surface area contributed by atoms with E-state index in [1.165, 1.54) is 30.3 Å². The Kier molecular flexibility index (Phi) is 5.07. The van der Waals surface area contributed by atoms with Crippen molar-refractivity contribution in [2.24, 2.45) is 5.92 Å². The van der Waals surface area contributed by atoms with Crippen molar-refractivity contribution in [3.63, 3.8) is 0 Å². The highest BCUT2D eigenvalue weighted by Gasteiger charge is 2.31. The Morgan fingerprint density at radius 1 is 1.15 bits per heavy atom. The van der Waals surface area contributed by atoms with Gasteiger partial charge in [-0.15, -0.1) is 0 Å². The number of benzene rings is 2. The molecule has 0 radical (unpaired) electrons. The molecule has 0 aliphatic heterocycles. The molecule has 0 atom stereocenters. The summed E-state index contributed by atoms with van der Waals surface area (Å²) in [5.41, 5.74) is -0.475. The van der Waals surface area contributed by atoms with Gasteiger partial charge >= 0.3 is 12.1 Å². The number of ether oxygens (including phenoxy) is 1. The van der Waals surface area contributed by atoms with Crippen molar-refractivity contribution >= 4 is 17.6 Å². The fraction of sp³-hybridized carbons (Fsp3) is 0.263. The van der Waals surface area contributed by atoms with Crippen molar-refractivity contribution in [2.75, 3.05) is 5.32 Å². The summed E-state index contributed by atoms with van der Waals surface area (Å²) in [5, 5.41) is 11.9. The number of amides is 1. The minimum atomic E-state index is -4.45. The van der Waals surface area contributed by atoms with Crippen LogP contribution in [-0.2, 0) is 17.6 Å². The van der Waals surface area contributed by atoms with Crippen LogP contribution < -0.4 is 10.1 Å². The SMILES string of the molecule is O=C(O)c1cc(OCc2cccc(C(F)(F)F)c2)ccc1NC(=O)C1CC1. The summed E-state index contributed by atoms with van der Waals surface area (Å²) in [6.45, 7) is -0.156. The van der Waals surface area contributed by atoms with Crippen molar-refractivity contribution in [3.05, 3.63) is 59.2 Å². The maximum Gasteiger partial charge on any atom is 0.416 e. The average Bonchev–Trinajstić information content (AvgIpc) is 3.45. The van der Waals surface area contributed by atoms with Gasteiger partial charge in [0.15, 0.2) is 0 Å². The molecule has 5 nitrogen and oxygen atoms in total. The third-order valence-electron chi connectivity index (χ3n) is 4.09. The minimum Gasteiger partial charge on any atom is -0.489 e. The van der Waals surface area contributed by atoms with E-state index in [1.807, 2.05) is 0 Å². The summed E-state index contributed by atoms with van der Waals surface area (Å²) in [6, 6.07) is 8.80. The molecule has 0 heterocycles. The molecule has 2 aromatic rings. The van der Waals surface area contributed by atoms with Crippen molar-refractivity contribution < 1.29 is 32.6 Å². The van der Waals surface area contributed by atoms with Gasteiger partial charge in [0.2, 0.25) is 5.91 Å². The van der Waals surface area contributed by atoms with E-state index in [0.717, 1.165) is 25.0 Å². The zero-order chi connectivity index (χ0) is 19.6. The zero-order valence-electron chi connectivity index (χ0n) is 14.0. The van der Waals surface area contributed by atoms with E-state index in [9.17, 15) is 27.9 Å². The summed E-state index contributed by atoms with van der Waals surface area (Å²) in [6.07, 6.45) is -2.88. The number of nitrogens with one attached hydrogen (secondary N) is 1.